The molecule has 3 N–H and O–H groups in total. The molecule has 0 aromatic heterocycles. The van der Waals surface area contributed by atoms with Crippen molar-refractivity contribution in [3.8, 4) is 0 Å². The van der Waals surface area contributed by atoms with Gasteiger partial charge >= 0.3 is 0 Å². The van der Waals surface area contributed by atoms with Crippen molar-refractivity contribution < 1.29 is 4.79 Å². The normalized spacial score (nSPS) is 10.1. The van der Waals surface area contributed by atoms with Crippen LogP contribution >= 0.6 is 15.9 Å². The molecule has 82 valence electrons. The van der Waals surface area contributed by atoms with Crippen LogP contribution in [0, 0.1) is 6.92 Å². The van der Waals surface area contributed by atoms with Crippen molar-refractivity contribution in [3.05, 3.63) is 33.8 Å². The van der Waals surface area contributed by atoms with E-state index in [1.165, 1.54) is 0 Å². The Morgan fingerprint density at radius 2 is 2.27 bits per heavy atom. The lowest BCUT2D eigenvalue weighted by atomic mass is 10.1. The van der Waals surface area contributed by atoms with Gasteiger partial charge in [-0.1, -0.05) is 15.9 Å². The van der Waals surface area contributed by atoms with Gasteiger partial charge < -0.3 is 11.1 Å². The first-order chi connectivity index (χ1) is 7.15. The molecule has 0 heterocycles. The summed E-state index contributed by atoms with van der Waals surface area (Å²) < 4.78 is 1.01. The molecule has 15 heavy (non-hydrogen) atoms. The van der Waals surface area contributed by atoms with Gasteiger partial charge in [0.15, 0.2) is 0 Å². The third-order valence-corrected chi connectivity index (χ3v) is 2.98. The molecule has 4 heteroatoms. The fraction of sp³-hybridized carbons (Fsp3) is 0.364. The first-order valence-electron chi connectivity index (χ1n) is 4.89. The second-order valence-electron chi connectivity index (χ2n) is 3.36. The van der Waals surface area contributed by atoms with E-state index in [1.807, 2.05) is 19.1 Å². The summed E-state index contributed by atoms with van der Waals surface area (Å²) in [6.45, 7) is 3.19. The second kappa shape index (κ2) is 5.88. The van der Waals surface area contributed by atoms with E-state index in [0.717, 1.165) is 16.5 Å². The molecular formula is C11H15BrN2O. The zero-order valence-electron chi connectivity index (χ0n) is 8.72. The van der Waals surface area contributed by atoms with Crippen LogP contribution in [0.25, 0.3) is 0 Å². The summed E-state index contributed by atoms with van der Waals surface area (Å²) in [6.07, 6.45) is 0.807. The molecule has 0 fully saturated rings. The smallest absolute Gasteiger partial charge is 0.251 e. The van der Waals surface area contributed by atoms with E-state index in [0.29, 0.717) is 18.7 Å². The van der Waals surface area contributed by atoms with Gasteiger partial charge in [0.2, 0.25) is 0 Å². The summed E-state index contributed by atoms with van der Waals surface area (Å²) in [7, 11) is 0. The predicted molar refractivity (Wildman–Crippen MR) is 64.9 cm³/mol. The number of aryl methyl sites for hydroxylation is 1. The number of hydrogen-bond acceptors (Lipinski definition) is 2. The summed E-state index contributed by atoms with van der Waals surface area (Å²) in [4.78, 5) is 11.6. The average molecular weight is 271 g/mol. The number of nitrogens with one attached hydrogen (secondary N) is 1. The molecule has 0 aliphatic carbocycles. The molecule has 0 spiro atoms. The minimum absolute atomic E-state index is 0.0425. The van der Waals surface area contributed by atoms with Gasteiger partial charge in [-0.2, -0.15) is 0 Å². The molecule has 3 nitrogen and oxygen atoms in total. The van der Waals surface area contributed by atoms with Crippen LogP contribution in [0.2, 0.25) is 0 Å². The highest BCUT2D eigenvalue weighted by molar-refractivity contribution is 9.10. The van der Waals surface area contributed by atoms with Crippen molar-refractivity contribution in [1.29, 1.82) is 0 Å². The molecule has 0 bridgehead atoms. The van der Waals surface area contributed by atoms with Crippen molar-refractivity contribution in [3.63, 3.8) is 0 Å². The standard InChI is InChI=1S/C11H15BrN2O/c1-8-7-9(3-4-10(8)12)11(15)14-6-2-5-13/h3-4,7H,2,5-6,13H2,1H3,(H,14,15). The Labute approximate surface area is 98.2 Å². The van der Waals surface area contributed by atoms with Crippen molar-refractivity contribution in [2.75, 3.05) is 13.1 Å². The molecule has 0 unspecified atom stereocenters. The molecule has 1 aromatic carbocycles. The van der Waals surface area contributed by atoms with Gasteiger partial charge in [0.1, 0.15) is 0 Å². The Morgan fingerprint density at radius 1 is 1.53 bits per heavy atom. The highest BCUT2D eigenvalue weighted by atomic mass is 79.9. The zero-order valence-corrected chi connectivity index (χ0v) is 10.3. The van der Waals surface area contributed by atoms with Crippen LogP contribution in [-0.2, 0) is 0 Å². The van der Waals surface area contributed by atoms with Gasteiger partial charge in [0.25, 0.3) is 5.91 Å². The molecule has 1 rings (SSSR count). The maximum Gasteiger partial charge on any atom is 0.251 e. The van der Waals surface area contributed by atoms with Crippen molar-refractivity contribution in [2.45, 2.75) is 13.3 Å². The van der Waals surface area contributed by atoms with E-state index in [9.17, 15) is 4.79 Å². The van der Waals surface area contributed by atoms with E-state index in [-0.39, 0.29) is 5.91 Å². The molecule has 0 saturated carbocycles. The lowest BCUT2D eigenvalue weighted by Gasteiger charge is -2.05. The highest BCUT2D eigenvalue weighted by Gasteiger charge is 2.05. The number of hydrogen-bond donors (Lipinski definition) is 2. The molecule has 0 radical (unpaired) electrons. The van der Waals surface area contributed by atoms with Gasteiger partial charge in [-0.25, -0.2) is 0 Å². The lowest BCUT2D eigenvalue weighted by Crippen LogP contribution is -2.25. The summed E-state index contributed by atoms with van der Waals surface area (Å²) in [5.41, 5.74) is 7.08. The fourth-order valence-corrected chi connectivity index (χ4v) is 1.44. The van der Waals surface area contributed by atoms with E-state index in [4.69, 9.17) is 5.73 Å². The van der Waals surface area contributed by atoms with E-state index in [2.05, 4.69) is 21.2 Å². The number of carbonyl (C=O) groups excluding carboxylic acids is 1. The second-order valence-corrected chi connectivity index (χ2v) is 4.22. The quantitative estimate of drug-likeness (QED) is 0.821. The van der Waals surface area contributed by atoms with Gasteiger partial charge in [-0.05, 0) is 43.7 Å². The molecule has 1 amide bonds. The Hall–Kier alpha value is -0.870. The minimum Gasteiger partial charge on any atom is -0.352 e. The number of rotatable bonds is 4. The average Bonchev–Trinajstić information content (AvgIpc) is 2.22. The Kier molecular flexibility index (Phi) is 4.78. The Morgan fingerprint density at radius 3 is 2.87 bits per heavy atom. The van der Waals surface area contributed by atoms with E-state index < -0.39 is 0 Å². The topological polar surface area (TPSA) is 55.1 Å². The van der Waals surface area contributed by atoms with Gasteiger partial charge in [0, 0.05) is 16.6 Å². The number of benzene rings is 1. The van der Waals surface area contributed by atoms with E-state index >= 15 is 0 Å². The lowest BCUT2D eigenvalue weighted by molar-refractivity contribution is 0.0953. The first-order valence-corrected chi connectivity index (χ1v) is 5.69. The summed E-state index contributed by atoms with van der Waals surface area (Å²) in [5, 5.41) is 2.81. The molecule has 0 aliphatic heterocycles. The summed E-state index contributed by atoms with van der Waals surface area (Å²) in [6, 6.07) is 5.55. The zero-order chi connectivity index (χ0) is 11.3. The maximum atomic E-state index is 11.6. The van der Waals surface area contributed by atoms with Crippen LogP contribution < -0.4 is 11.1 Å². The maximum absolute atomic E-state index is 11.6. The molecular weight excluding hydrogens is 256 g/mol. The third kappa shape index (κ3) is 3.64. The van der Waals surface area contributed by atoms with E-state index in [1.54, 1.807) is 6.07 Å². The number of amides is 1. The molecule has 1 aromatic rings. The molecule has 0 saturated heterocycles. The predicted octanol–water partition coefficient (Wildman–Crippen LogP) is 1.84. The van der Waals surface area contributed by atoms with Gasteiger partial charge in [-0.15, -0.1) is 0 Å². The largest absolute Gasteiger partial charge is 0.352 e. The SMILES string of the molecule is Cc1cc(C(=O)NCCCN)ccc1Br. The summed E-state index contributed by atoms with van der Waals surface area (Å²) in [5.74, 6) is -0.0425. The first kappa shape index (κ1) is 12.2. The number of nitrogens with two attached hydrogens (primary N) is 1. The molecule has 0 atom stereocenters. The van der Waals surface area contributed by atoms with Crippen LogP contribution in [-0.4, -0.2) is 19.0 Å². The number of carbonyl (C=O) groups is 1. The molecule has 0 aliphatic rings. The Balaban J connectivity index is 2.62. The summed E-state index contributed by atoms with van der Waals surface area (Å²) >= 11 is 3.39. The van der Waals surface area contributed by atoms with Crippen LogP contribution in [0.4, 0.5) is 0 Å². The highest BCUT2D eigenvalue weighted by Crippen LogP contribution is 2.16. The van der Waals surface area contributed by atoms with Crippen molar-refractivity contribution in [2.24, 2.45) is 5.73 Å². The third-order valence-electron chi connectivity index (χ3n) is 2.09. The fourth-order valence-electron chi connectivity index (χ4n) is 1.19. The van der Waals surface area contributed by atoms with Crippen LogP contribution in [0.1, 0.15) is 22.3 Å². The Bertz CT molecular complexity index is 352. The van der Waals surface area contributed by atoms with Crippen LogP contribution in [0.3, 0.4) is 0 Å². The van der Waals surface area contributed by atoms with Crippen LogP contribution in [0.15, 0.2) is 22.7 Å². The van der Waals surface area contributed by atoms with Crippen molar-refractivity contribution in [1.82, 2.24) is 5.32 Å². The van der Waals surface area contributed by atoms with Crippen LogP contribution in [0.5, 0.6) is 0 Å². The minimum atomic E-state index is -0.0425. The number of halogens is 1. The van der Waals surface area contributed by atoms with Crippen molar-refractivity contribution >= 4 is 21.8 Å². The van der Waals surface area contributed by atoms with Gasteiger partial charge in [-0.3, -0.25) is 4.79 Å². The van der Waals surface area contributed by atoms with Gasteiger partial charge in [0.05, 0.1) is 0 Å². The monoisotopic (exact) mass is 270 g/mol.